The van der Waals surface area contributed by atoms with Crippen molar-refractivity contribution in [2.75, 3.05) is 13.7 Å². The topological polar surface area (TPSA) is 73.7 Å². The summed E-state index contributed by atoms with van der Waals surface area (Å²) in [6.45, 7) is 2.84. The van der Waals surface area contributed by atoms with Gasteiger partial charge in [0.2, 0.25) is 5.91 Å². The summed E-state index contributed by atoms with van der Waals surface area (Å²) in [6, 6.07) is 5.63. The van der Waals surface area contributed by atoms with E-state index in [-0.39, 0.29) is 17.4 Å². The van der Waals surface area contributed by atoms with Crippen molar-refractivity contribution in [3.05, 3.63) is 51.2 Å². The fraction of sp³-hybridized carbons (Fsp3) is 0.421. The van der Waals surface area contributed by atoms with Gasteiger partial charge in [-0.25, -0.2) is 4.98 Å². The first-order valence-electron chi connectivity index (χ1n) is 8.61. The van der Waals surface area contributed by atoms with Gasteiger partial charge >= 0.3 is 0 Å². The smallest absolute Gasteiger partial charge is 0.258 e. The Morgan fingerprint density at radius 1 is 1.35 bits per heavy atom. The van der Waals surface area contributed by atoms with Gasteiger partial charge in [-0.2, -0.15) is 0 Å². The average molecular weight is 355 g/mol. The number of benzene rings is 1. The van der Waals surface area contributed by atoms with E-state index in [0.29, 0.717) is 43.2 Å². The number of ether oxygens (including phenoxy) is 2. The van der Waals surface area contributed by atoms with Crippen molar-refractivity contribution in [1.29, 1.82) is 0 Å². The molecule has 1 amide bonds. The summed E-state index contributed by atoms with van der Waals surface area (Å²) in [6.07, 6.45) is 0.600. The van der Waals surface area contributed by atoms with Gasteiger partial charge in [-0.05, 0) is 37.1 Å². The summed E-state index contributed by atoms with van der Waals surface area (Å²) < 4.78 is 12.6. The van der Waals surface area contributed by atoms with E-state index in [9.17, 15) is 9.59 Å². The first kappa shape index (κ1) is 16.6. The van der Waals surface area contributed by atoms with E-state index in [1.165, 1.54) is 4.57 Å². The molecule has 0 unspecified atom stereocenters. The molecule has 1 aromatic heterocycles. The van der Waals surface area contributed by atoms with Crippen LogP contribution < -0.4 is 15.0 Å². The predicted molar refractivity (Wildman–Crippen MR) is 94.2 cm³/mol. The van der Waals surface area contributed by atoms with Crippen molar-refractivity contribution >= 4 is 5.91 Å². The molecule has 2 aliphatic rings. The highest BCUT2D eigenvalue weighted by molar-refractivity contribution is 5.80. The molecule has 0 bridgehead atoms. The minimum atomic E-state index is -0.270. The van der Waals surface area contributed by atoms with Crippen LogP contribution in [0.15, 0.2) is 23.0 Å². The second kappa shape index (κ2) is 6.16. The summed E-state index contributed by atoms with van der Waals surface area (Å²) >= 11 is 0. The highest BCUT2D eigenvalue weighted by Crippen LogP contribution is 2.32. The quantitative estimate of drug-likeness (QED) is 0.809. The van der Waals surface area contributed by atoms with Crippen LogP contribution in [0.4, 0.5) is 0 Å². The number of carbonyl (C=O) groups excluding carboxylic acids is 1. The lowest BCUT2D eigenvalue weighted by Crippen LogP contribution is -2.38. The molecule has 1 aromatic carbocycles. The SMILES string of the molecule is COc1ccc2c(c1)C[C@H](C(=O)N1Cc3nc(C)n(C)c(=O)c3C1)CO2. The lowest BCUT2D eigenvalue weighted by molar-refractivity contribution is -0.137. The van der Waals surface area contributed by atoms with E-state index in [1.807, 2.05) is 18.2 Å². The van der Waals surface area contributed by atoms with Crippen molar-refractivity contribution in [2.45, 2.75) is 26.4 Å². The molecule has 4 rings (SSSR count). The number of rotatable bonds is 2. The van der Waals surface area contributed by atoms with Crippen LogP contribution in [0.5, 0.6) is 11.5 Å². The number of amides is 1. The lowest BCUT2D eigenvalue weighted by atomic mass is 9.95. The van der Waals surface area contributed by atoms with Gasteiger partial charge in [-0.1, -0.05) is 0 Å². The van der Waals surface area contributed by atoms with E-state index in [2.05, 4.69) is 4.98 Å². The maximum atomic E-state index is 13.0. The molecule has 1 atom stereocenters. The van der Waals surface area contributed by atoms with Gasteiger partial charge < -0.3 is 14.4 Å². The Morgan fingerprint density at radius 3 is 2.92 bits per heavy atom. The number of aryl methyl sites for hydroxylation is 1. The largest absolute Gasteiger partial charge is 0.497 e. The molecular formula is C19H21N3O4. The summed E-state index contributed by atoms with van der Waals surface area (Å²) in [5.74, 6) is 1.93. The molecule has 0 spiro atoms. The van der Waals surface area contributed by atoms with Gasteiger partial charge in [0.05, 0.1) is 37.4 Å². The second-order valence-electron chi connectivity index (χ2n) is 6.83. The highest BCUT2D eigenvalue weighted by Gasteiger charge is 2.34. The molecule has 3 heterocycles. The van der Waals surface area contributed by atoms with Gasteiger partial charge in [0.15, 0.2) is 0 Å². The molecule has 0 saturated carbocycles. The first-order chi connectivity index (χ1) is 12.5. The molecule has 0 fully saturated rings. The molecule has 0 aliphatic carbocycles. The number of carbonyl (C=O) groups is 1. The maximum absolute atomic E-state index is 13.0. The number of aromatic nitrogens is 2. The normalized spacial score (nSPS) is 18.1. The molecule has 0 N–H and O–H groups in total. The molecule has 2 aromatic rings. The molecule has 136 valence electrons. The first-order valence-corrected chi connectivity index (χ1v) is 8.61. The number of hydrogen-bond donors (Lipinski definition) is 0. The van der Waals surface area contributed by atoms with Crippen molar-refractivity contribution in [1.82, 2.24) is 14.5 Å². The van der Waals surface area contributed by atoms with E-state index >= 15 is 0 Å². The monoisotopic (exact) mass is 355 g/mol. The zero-order valence-electron chi connectivity index (χ0n) is 15.1. The maximum Gasteiger partial charge on any atom is 0.258 e. The minimum Gasteiger partial charge on any atom is -0.497 e. The van der Waals surface area contributed by atoms with E-state index in [4.69, 9.17) is 9.47 Å². The van der Waals surface area contributed by atoms with Crippen LogP contribution >= 0.6 is 0 Å². The van der Waals surface area contributed by atoms with Crippen LogP contribution in [-0.4, -0.2) is 34.1 Å². The third-order valence-corrected chi connectivity index (χ3v) is 5.22. The average Bonchev–Trinajstić information content (AvgIpc) is 3.08. The number of fused-ring (bicyclic) bond motifs is 2. The Kier molecular flexibility index (Phi) is 3.94. The zero-order valence-corrected chi connectivity index (χ0v) is 15.1. The van der Waals surface area contributed by atoms with Gasteiger partial charge in [-0.3, -0.25) is 14.2 Å². The van der Waals surface area contributed by atoms with Crippen LogP contribution in [0, 0.1) is 12.8 Å². The molecule has 0 radical (unpaired) electrons. The Hall–Kier alpha value is -2.83. The summed E-state index contributed by atoms with van der Waals surface area (Å²) in [4.78, 5) is 31.6. The van der Waals surface area contributed by atoms with Crippen LogP contribution in [0.25, 0.3) is 0 Å². The molecular weight excluding hydrogens is 334 g/mol. The van der Waals surface area contributed by atoms with Gasteiger partial charge in [0.1, 0.15) is 23.9 Å². The number of hydrogen-bond acceptors (Lipinski definition) is 5. The van der Waals surface area contributed by atoms with Crippen molar-refractivity contribution < 1.29 is 14.3 Å². The summed E-state index contributed by atoms with van der Waals surface area (Å²) in [5.41, 5.74) is 2.22. The summed E-state index contributed by atoms with van der Waals surface area (Å²) in [7, 11) is 3.32. The number of nitrogens with zero attached hydrogens (tertiary/aromatic N) is 3. The Morgan fingerprint density at radius 2 is 2.15 bits per heavy atom. The Labute approximate surface area is 151 Å². The molecule has 7 nitrogen and oxygen atoms in total. The number of methoxy groups -OCH3 is 1. The lowest BCUT2D eigenvalue weighted by Gasteiger charge is -2.28. The molecule has 7 heteroatoms. The van der Waals surface area contributed by atoms with E-state index in [1.54, 1.807) is 26.0 Å². The van der Waals surface area contributed by atoms with Crippen molar-refractivity contribution in [3.8, 4) is 11.5 Å². The van der Waals surface area contributed by atoms with Gasteiger partial charge in [0.25, 0.3) is 5.56 Å². The van der Waals surface area contributed by atoms with Crippen LogP contribution in [-0.2, 0) is 31.4 Å². The molecule has 0 saturated heterocycles. The van der Waals surface area contributed by atoms with E-state index < -0.39 is 0 Å². The molecule has 26 heavy (non-hydrogen) atoms. The predicted octanol–water partition coefficient (Wildman–Crippen LogP) is 1.19. The van der Waals surface area contributed by atoms with E-state index in [0.717, 1.165) is 17.1 Å². The fourth-order valence-electron chi connectivity index (χ4n) is 3.60. The summed E-state index contributed by atoms with van der Waals surface area (Å²) in [5, 5.41) is 0. The fourth-order valence-corrected chi connectivity index (χ4v) is 3.60. The highest BCUT2D eigenvalue weighted by atomic mass is 16.5. The van der Waals surface area contributed by atoms with Crippen LogP contribution in [0.3, 0.4) is 0 Å². The van der Waals surface area contributed by atoms with Crippen LogP contribution in [0.1, 0.15) is 22.6 Å². The third-order valence-electron chi connectivity index (χ3n) is 5.22. The van der Waals surface area contributed by atoms with Gasteiger partial charge in [-0.15, -0.1) is 0 Å². The standard InChI is InChI=1S/C19H21N3O4/c1-11-20-16-9-22(8-15(16)19(24)21(11)2)18(23)13-6-12-7-14(25-3)4-5-17(12)26-10-13/h4-5,7,13H,6,8-10H2,1-3H3/t13-/m0/s1. The Bertz CT molecular complexity index is 951. The Balaban J connectivity index is 1.54. The molecule has 2 aliphatic heterocycles. The minimum absolute atomic E-state index is 0.00354. The van der Waals surface area contributed by atoms with Crippen molar-refractivity contribution in [2.24, 2.45) is 13.0 Å². The second-order valence-corrected chi connectivity index (χ2v) is 6.83. The van der Waals surface area contributed by atoms with Crippen molar-refractivity contribution in [3.63, 3.8) is 0 Å². The third kappa shape index (κ3) is 2.64. The zero-order chi connectivity index (χ0) is 18.4. The van der Waals surface area contributed by atoms with Crippen LogP contribution in [0.2, 0.25) is 0 Å². The van der Waals surface area contributed by atoms with Gasteiger partial charge in [0, 0.05) is 7.05 Å².